The largest absolute Gasteiger partial charge is 0.371 e. The summed E-state index contributed by atoms with van der Waals surface area (Å²) in [6, 6.07) is 6.72. The lowest BCUT2D eigenvalue weighted by atomic mass is 10.1. The second-order valence-corrected chi connectivity index (χ2v) is 6.94. The van der Waals surface area contributed by atoms with Gasteiger partial charge >= 0.3 is 0 Å². The van der Waals surface area contributed by atoms with E-state index in [4.69, 9.17) is 0 Å². The highest BCUT2D eigenvalue weighted by molar-refractivity contribution is 9.10. The van der Waals surface area contributed by atoms with Gasteiger partial charge in [-0.3, -0.25) is 0 Å². The molecule has 1 aromatic carbocycles. The molecule has 18 heavy (non-hydrogen) atoms. The molecule has 0 atom stereocenters. The summed E-state index contributed by atoms with van der Waals surface area (Å²) in [5, 5.41) is 3.52. The maximum absolute atomic E-state index is 3.71. The summed E-state index contributed by atoms with van der Waals surface area (Å²) in [5.41, 5.74) is 2.84. The molecule has 0 unspecified atom stereocenters. The Balaban J connectivity index is 2.05. The van der Waals surface area contributed by atoms with Crippen molar-refractivity contribution in [2.45, 2.75) is 45.7 Å². The van der Waals surface area contributed by atoms with Crippen LogP contribution in [-0.4, -0.2) is 18.6 Å². The lowest BCUT2D eigenvalue weighted by Crippen LogP contribution is -2.35. The average Bonchev–Trinajstić information content (AvgIpc) is 2.79. The Kier molecular flexibility index (Phi) is 4.33. The van der Waals surface area contributed by atoms with Crippen molar-refractivity contribution in [1.82, 2.24) is 5.32 Å². The van der Waals surface area contributed by atoms with Crippen molar-refractivity contribution < 1.29 is 0 Å². The van der Waals surface area contributed by atoms with Gasteiger partial charge < -0.3 is 10.2 Å². The second-order valence-electron chi connectivity index (χ2n) is 6.08. The number of benzene rings is 1. The van der Waals surface area contributed by atoms with Gasteiger partial charge in [0, 0.05) is 29.6 Å². The summed E-state index contributed by atoms with van der Waals surface area (Å²) >= 11 is 3.71. The molecule has 0 aliphatic carbocycles. The van der Waals surface area contributed by atoms with Crippen LogP contribution < -0.4 is 10.2 Å². The molecule has 100 valence electrons. The smallest absolute Gasteiger partial charge is 0.0510 e. The average molecular weight is 311 g/mol. The SMILES string of the molecule is CC(C)(C)NCc1ccc(N2CCCC2)c(Br)c1. The lowest BCUT2D eigenvalue weighted by molar-refractivity contribution is 0.424. The molecule has 1 fully saturated rings. The van der Waals surface area contributed by atoms with Gasteiger partial charge in [0.15, 0.2) is 0 Å². The standard InChI is InChI=1S/C15H23BrN2/c1-15(2,3)17-11-12-6-7-14(13(16)10-12)18-8-4-5-9-18/h6-7,10,17H,4-5,8-9,11H2,1-3H3. The molecule has 3 heteroatoms. The molecule has 0 amide bonds. The third-order valence-electron chi connectivity index (χ3n) is 3.28. The van der Waals surface area contributed by atoms with Gasteiger partial charge in [0.05, 0.1) is 5.69 Å². The van der Waals surface area contributed by atoms with E-state index in [0.717, 1.165) is 6.54 Å². The second kappa shape index (κ2) is 5.62. The van der Waals surface area contributed by atoms with Crippen molar-refractivity contribution in [3.8, 4) is 0 Å². The number of nitrogens with zero attached hydrogens (tertiary/aromatic N) is 1. The number of hydrogen-bond donors (Lipinski definition) is 1. The molecule has 1 aliphatic heterocycles. The van der Waals surface area contributed by atoms with Crippen LogP contribution in [0.4, 0.5) is 5.69 Å². The number of halogens is 1. The van der Waals surface area contributed by atoms with Gasteiger partial charge in [-0.15, -0.1) is 0 Å². The molecule has 0 aromatic heterocycles. The molecule has 0 radical (unpaired) electrons. The fourth-order valence-electron chi connectivity index (χ4n) is 2.24. The minimum Gasteiger partial charge on any atom is -0.371 e. The molecule has 1 saturated heterocycles. The molecule has 0 bridgehead atoms. The van der Waals surface area contributed by atoms with Gasteiger partial charge in [0.1, 0.15) is 0 Å². The van der Waals surface area contributed by atoms with Gasteiger partial charge in [0.2, 0.25) is 0 Å². The molecular weight excluding hydrogens is 288 g/mol. The van der Waals surface area contributed by atoms with Crippen molar-refractivity contribution >= 4 is 21.6 Å². The molecule has 1 N–H and O–H groups in total. The van der Waals surface area contributed by atoms with E-state index in [1.807, 2.05) is 0 Å². The zero-order valence-corrected chi connectivity index (χ0v) is 13.2. The van der Waals surface area contributed by atoms with Crippen LogP contribution in [0.3, 0.4) is 0 Å². The normalized spacial score (nSPS) is 16.3. The van der Waals surface area contributed by atoms with Gasteiger partial charge in [-0.25, -0.2) is 0 Å². The molecule has 1 aliphatic rings. The summed E-state index contributed by atoms with van der Waals surface area (Å²) < 4.78 is 1.22. The summed E-state index contributed by atoms with van der Waals surface area (Å²) in [6.07, 6.45) is 2.64. The first-order valence-corrected chi connectivity index (χ1v) is 7.53. The topological polar surface area (TPSA) is 15.3 Å². The zero-order valence-electron chi connectivity index (χ0n) is 11.6. The van der Waals surface area contributed by atoms with E-state index < -0.39 is 0 Å². The molecule has 2 nitrogen and oxygen atoms in total. The minimum atomic E-state index is 0.167. The highest BCUT2D eigenvalue weighted by Gasteiger charge is 2.15. The third-order valence-corrected chi connectivity index (χ3v) is 3.92. The Hall–Kier alpha value is -0.540. The Morgan fingerprint density at radius 2 is 1.89 bits per heavy atom. The molecule has 1 heterocycles. The van der Waals surface area contributed by atoms with Crippen LogP contribution in [0.15, 0.2) is 22.7 Å². The van der Waals surface area contributed by atoms with Gasteiger partial charge in [-0.05, 0) is 67.2 Å². The summed E-state index contributed by atoms with van der Waals surface area (Å²) in [7, 11) is 0. The highest BCUT2D eigenvalue weighted by atomic mass is 79.9. The number of anilines is 1. The summed E-state index contributed by atoms with van der Waals surface area (Å²) in [4.78, 5) is 2.46. The van der Waals surface area contributed by atoms with Gasteiger partial charge in [-0.2, -0.15) is 0 Å². The van der Waals surface area contributed by atoms with Crippen molar-refractivity contribution in [3.63, 3.8) is 0 Å². The van der Waals surface area contributed by atoms with Crippen LogP contribution in [0.2, 0.25) is 0 Å². The Bertz CT molecular complexity index is 403. The lowest BCUT2D eigenvalue weighted by Gasteiger charge is -2.22. The van der Waals surface area contributed by atoms with Crippen molar-refractivity contribution in [2.24, 2.45) is 0 Å². The van der Waals surface area contributed by atoms with E-state index >= 15 is 0 Å². The third kappa shape index (κ3) is 3.72. The van der Waals surface area contributed by atoms with Crippen LogP contribution in [0, 0.1) is 0 Å². The van der Waals surface area contributed by atoms with E-state index in [0.29, 0.717) is 0 Å². The summed E-state index contributed by atoms with van der Waals surface area (Å²) in [5.74, 6) is 0. The van der Waals surface area contributed by atoms with E-state index in [1.54, 1.807) is 0 Å². The first-order valence-electron chi connectivity index (χ1n) is 6.74. The monoisotopic (exact) mass is 310 g/mol. The Morgan fingerprint density at radius 1 is 1.22 bits per heavy atom. The van der Waals surface area contributed by atoms with Crippen LogP contribution in [0.5, 0.6) is 0 Å². The van der Waals surface area contributed by atoms with Gasteiger partial charge in [-0.1, -0.05) is 6.07 Å². The Labute approximate surface area is 119 Å². The maximum atomic E-state index is 3.71. The maximum Gasteiger partial charge on any atom is 0.0510 e. The van der Waals surface area contributed by atoms with E-state index in [1.165, 1.54) is 41.7 Å². The predicted molar refractivity (Wildman–Crippen MR) is 82.2 cm³/mol. The van der Waals surface area contributed by atoms with E-state index in [2.05, 4.69) is 65.1 Å². The van der Waals surface area contributed by atoms with Crippen LogP contribution in [0.1, 0.15) is 39.2 Å². The van der Waals surface area contributed by atoms with Gasteiger partial charge in [0.25, 0.3) is 0 Å². The van der Waals surface area contributed by atoms with Crippen molar-refractivity contribution in [2.75, 3.05) is 18.0 Å². The Morgan fingerprint density at radius 3 is 2.44 bits per heavy atom. The van der Waals surface area contributed by atoms with Crippen LogP contribution in [-0.2, 0) is 6.54 Å². The zero-order chi connectivity index (χ0) is 13.2. The number of hydrogen-bond acceptors (Lipinski definition) is 2. The molecule has 0 spiro atoms. The van der Waals surface area contributed by atoms with Crippen LogP contribution >= 0.6 is 15.9 Å². The predicted octanol–water partition coefficient (Wildman–Crippen LogP) is 3.94. The first kappa shape index (κ1) is 13.9. The molecular formula is C15H23BrN2. The number of nitrogens with one attached hydrogen (secondary N) is 1. The molecule has 0 saturated carbocycles. The molecule has 1 aromatic rings. The van der Waals surface area contributed by atoms with E-state index in [9.17, 15) is 0 Å². The number of rotatable bonds is 3. The van der Waals surface area contributed by atoms with Crippen LogP contribution in [0.25, 0.3) is 0 Å². The molecule has 2 rings (SSSR count). The highest BCUT2D eigenvalue weighted by Crippen LogP contribution is 2.30. The fourth-order valence-corrected chi connectivity index (χ4v) is 2.92. The fraction of sp³-hybridized carbons (Fsp3) is 0.600. The van der Waals surface area contributed by atoms with E-state index in [-0.39, 0.29) is 5.54 Å². The van der Waals surface area contributed by atoms with Crippen molar-refractivity contribution in [1.29, 1.82) is 0 Å². The minimum absolute atomic E-state index is 0.167. The van der Waals surface area contributed by atoms with Crippen molar-refractivity contribution in [3.05, 3.63) is 28.2 Å². The first-order chi connectivity index (χ1) is 8.46. The summed E-state index contributed by atoms with van der Waals surface area (Å²) in [6.45, 7) is 9.89. The quantitative estimate of drug-likeness (QED) is 0.909.